The fourth-order valence-corrected chi connectivity index (χ4v) is 2.68. The van der Waals surface area contributed by atoms with Crippen LogP contribution in [0.5, 0.6) is 0 Å². The summed E-state index contributed by atoms with van der Waals surface area (Å²) in [7, 11) is 0. The summed E-state index contributed by atoms with van der Waals surface area (Å²) in [6.45, 7) is 10.1. The molecule has 0 heterocycles. The topological polar surface area (TPSA) is 32.3 Å². The van der Waals surface area contributed by atoms with E-state index in [0.29, 0.717) is 0 Å². The molecule has 0 saturated carbocycles. The molecule has 104 valence electrons. The van der Waals surface area contributed by atoms with E-state index in [1.807, 2.05) is 0 Å². The van der Waals surface area contributed by atoms with Crippen LogP contribution >= 0.6 is 11.8 Å². The van der Waals surface area contributed by atoms with Crippen LogP contribution in [-0.4, -0.2) is 34.8 Å². The highest BCUT2D eigenvalue weighted by Crippen LogP contribution is 2.18. The number of hydrogen-bond donors (Lipinski definition) is 2. The third-order valence-corrected chi connectivity index (χ3v) is 4.68. The quantitative estimate of drug-likeness (QED) is 0.559. The Morgan fingerprint density at radius 1 is 1.29 bits per heavy atom. The van der Waals surface area contributed by atoms with Crippen LogP contribution in [0.1, 0.15) is 59.8 Å². The number of hydrogen-bond acceptors (Lipinski definition) is 3. The third kappa shape index (κ3) is 8.92. The molecule has 0 fully saturated rings. The van der Waals surface area contributed by atoms with Gasteiger partial charge in [0.1, 0.15) is 0 Å². The summed E-state index contributed by atoms with van der Waals surface area (Å²) in [4.78, 5) is 0. The van der Waals surface area contributed by atoms with Crippen LogP contribution < -0.4 is 5.32 Å². The van der Waals surface area contributed by atoms with Gasteiger partial charge in [0.2, 0.25) is 0 Å². The van der Waals surface area contributed by atoms with Crippen LogP contribution in [-0.2, 0) is 0 Å². The summed E-state index contributed by atoms with van der Waals surface area (Å²) in [6, 6.07) is 0. The van der Waals surface area contributed by atoms with Crippen LogP contribution in [0.3, 0.4) is 0 Å². The normalized spacial score (nSPS) is 16.8. The highest BCUT2D eigenvalue weighted by Gasteiger charge is 2.21. The molecule has 2 atom stereocenters. The van der Waals surface area contributed by atoms with Crippen molar-refractivity contribution in [3.8, 4) is 0 Å². The zero-order valence-electron chi connectivity index (χ0n) is 12.1. The lowest BCUT2D eigenvalue weighted by molar-refractivity contribution is 0.163. The molecular formula is C14H31NOS. The van der Waals surface area contributed by atoms with Crippen molar-refractivity contribution < 1.29 is 5.11 Å². The van der Waals surface area contributed by atoms with Crippen LogP contribution in [0.2, 0.25) is 0 Å². The van der Waals surface area contributed by atoms with Crippen molar-refractivity contribution in [3.63, 3.8) is 0 Å². The maximum Gasteiger partial charge on any atom is 0.0610 e. The fourth-order valence-electron chi connectivity index (χ4n) is 1.67. The van der Waals surface area contributed by atoms with Crippen LogP contribution in [0.4, 0.5) is 0 Å². The summed E-state index contributed by atoms with van der Waals surface area (Å²) in [5.41, 5.74) is -0.0724. The first-order valence-electron chi connectivity index (χ1n) is 7.05. The molecule has 3 heteroatoms. The maximum absolute atomic E-state index is 9.43. The maximum atomic E-state index is 9.43. The Kier molecular flexibility index (Phi) is 10.4. The number of unbranched alkanes of at least 4 members (excludes halogenated alkanes) is 1. The molecule has 0 aromatic heterocycles. The number of aliphatic hydroxyl groups is 1. The number of rotatable bonds is 11. The van der Waals surface area contributed by atoms with Gasteiger partial charge in [0.05, 0.1) is 6.61 Å². The Bertz CT molecular complexity index is 178. The highest BCUT2D eigenvalue weighted by atomic mass is 32.2. The van der Waals surface area contributed by atoms with Crippen molar-refractivity contribution in [2.45, 2.75) is 70.6 Å². The van der Waals surface area contributed by atoms with Gasteiger partial charge < -0.3 is 10.4 Å². The van der Waals surface area contributed by atoms with Crippen LogP contribution in [0, 0.1) is 0 Å². The summed E-state index contributed by atoms with van der Waals surface area (Å²) in [5, 5.41) is 13.7. The van der Waals surface area contributed by atoms with Crippen molar-refractivity contribution >= 4 is 11.8 Å². The molecule has 2 unspecified atom stereocenters. The zero-order valence-corrected chi connectivity index (χ0v) is 12.9. The predicted octanol–water partition coefficient (Wildman–Crippen LogP) is 3.44. The van der Waals surface area contributed by atoms with E-state index < -0.39 is 0 Å². The van der Waals surface area contributed by atoms with Gasteiger partial charge in [-0.3, -0.25) is 0 Å². The standard InChI is InChI=1S/C14H31NOS/c1-5-10-15-14(4,12-16)9-7-8-11-17-13(3)6-2/h13,15-16H,5-12H2,1-4H3. The first-order valence-corrected chi connectivity index (χ1v) is 8.10. The average molecular weight is 261 g/mol. The van der Waals surface area contributed by atoms with E-state index in [9.17, 15) is 5.11 Å². The zero-order chi connectivity index (χ0) is 13.1. The Labute approximate surface area is 112 Å². The van der Waals surface area contributed by atoms with Gasteiger partial charge in [-0.1, -0.05) is 27.2 Å². The van der Waals surface area contributed by atoms with Crippen molar-refractivity contribution in [3.05, 3.63) is 0 Å². The van der Waals surface area contributed by atoms with Gasteiger partial charge in [-0.05, 0) is 44.9 Å². The van der Waals surface area contributed by atoms with Crippen molar-refractivity contribution in [1.29, 1.82) is 0 Å². The van der Waals surface area contributed by atoms with Gasteiger partial charge in [-0.2, -0.15) is 11.8 Å². The molecule has 0 amide bonds. The number of thioether (sulfide) groups is 1. The summed E-state index contributed by atoms with van der Waals surface area (Å²) >= 11 is 2.07. The smallest absolute Gasteiger partial charge is 0.0610 e. The van der Waals surface area contributed by atoms with Crippen molar-refractivity contribution in [2.24, 2.45) is 0 Å². The molecule has 0 aromatic carbocycles. The molecular weight excluding hydrogens is 230 g/mol. The average Bonchev–Trinajstić information content (AvgIpc) is 2.35. The summed E-state index contributed by atoms with van der Waals surface area (Å²) in [5.74, 6) is 1.25. The summed E-state index contributed by atoms with van der Waals surface area (Å²) < 4.78 is 0. The number of aliphatic hydroxyl groups excluding tert-OH is 1. The van der Waals surface area contributed by atoms with E-state index in [0.717, 1.165) is 24.6 Å². The highest BCUT2D eigenvalue weighted by molar-refractivity contribution is 7.99. The van der Waals surface area contributed by atoms with E-state index in [4.69, 9.17) is 0 Å². The van der Waals surface area contributed by atoms with E-state index in [1.54, 1.807) is 0 Å². The molecule has 0 radical (unpaired) electrons. The molecule has 0 rings (SSSR count). The van der Waals surface area contributed by atoms with Gasteiger partial charge in [0.25, 0.3) is 0 Å². The minimum atomic E-state index is -0.0724. The van der Waals surface area contributed by atoms with Gasteiger partial charge in [-0.25, -0.2) is 0 Å². The molecule has 0 aliphatic rings. The minimum Gasteiger partial charge on any atom is -0.394 e. The van der Waals surface area contributed by atoms with Crippen molar-refractivity contribution in [1.82, 2.24) is 5.32 Å². The second kappa shape index (κ2) is 10.2. The van der Waals surface area contributed by atoms with Gasteiger partial charge in [0.15, 0.2) is 0 Å². The lowest BCUT2D eigenvalue weighted by Crippen LogP contribution is -2.46. The van der Waals surface area contributed by atoms with Gasteiger partial charge in [0, 0.05) is 10.8 Å². The molecule has 0 saturated heterocycles. The molecule has 17 heavy (non-hydrogen) atoms. The summed E-state index contributed by atoms with van der Waals surface area (Å²) in [6.07, 6.45) is 5.93. The van der Waals surface area contributed by atoms with E-state index in [-0.39, 0.29) is 12.1 Å². The van der Waals surface area contributed by atoms with Crippen LogP contribution in [0.15, 0.2) is 0 Å². The van der Waals surface area contributed by atoms with E-state index in [1.165, 1.54) is 25.0 Å². The second-order valence-electron chi connectivity index (χ2n) is 5.19. The van der Waals surface area contributed by atoms with Crippen LogP contribution in [0.25, 0.3) is 0 Å². The Balaban J connectivity index is 3.62. The molecule has 0 aromatic rings. The number of nitrogens with one attached hydrogen (secondary N) is 1. The molecule has 0 aliphatic carbocycles. The Morgan fingerprint density at radius 3 is 2.53 bits per heavy atom. The monoisotopic (exact) mass is 261 g/mol. The van der Waals surface area contributed by atoms with Crippen molar-refractivity contribution in [2.75, 3.05) is 18.9 Å². The lowest BCUT2D eigenvalue weighted by Gasteiger charge is -2.28. The minimum absolute atomic E-state index is 0.0724. The fraction of sp³-hybridized carbons (Fsp3) is 1.00. The molecule has 2 N–H and O–H groups in total. The van der Waals surface area contributed by atoms with E-state index >= 15 is 0 Å². The SMILES string of the molecule is CCCNC(C)(CO)CCCCSC(C)CC. The first-order chi connectivity index (χ1) is 8.08. The van der Waals surface area contributed by atoms with Gasteiger partial charge in [-0.15, -0.1) is 0 Å². The molecule has 0 aliphatic heterocycles. The lowest BCUT2D eigenvalue weighted by atomic mass is 9.96. The molecule has 0 bridgehead atoms. The molecule has 2 nitrogen and oxygen atoms in total. The Morgan fingerprint density at radius 2 is 2.00 bits per heavy atom. The largest absolute Gasteiger partial charge is 0.394 e. The first kappa shape index (κ1) is 17.3. The molecule has 0 spiro atoms. The van der Waals surface area contributed by atoms with Gasteiger partial charge >= 0.3 is 0 Å². The second-order valence-corrected chi connectivity index (χ2v) is 6.74. The third-order valence-electron chi connectivity index (χ3n) is 3.25. The Hall–Kier alpha value is 0.270. The predicted molar refractivity (Wildman–Crippen MR) is 79.8 cm³/mol. The van der Waals surface area contributed by atoms with E-state index in [2.05, 4.69) is 44.8 Å².